The standard InChI is InChI=1S/C16H19NO4/c1-11(5-7-13-4-3-9-21-13)17-14-10-12(16(18)19)6-8-15(14)20-2/h3-4,6,8-11,17H,5,7H2,1-2H3,(H,18,19). The maximum absolute atomic E-state index is 11.0. The molecule has 1 atom stereocenters. The van der Waals surface area contributed by atoms with Gasteiger partial charge in [-0.3, -0.25) is 0 Å². The maximum atomic E-state index is 11.0. The number of hydrogen-bond donors (Lipinski definition) is 2. The Kier molecular flexibility index (Phi) is 4.87. The molecule has 0 spiro atoms. The fraction of sp³-hybridized carbons (Fsp3) is 0.312. The number of carboxylic acid groups (broad SMARTS) is 1. The van der Waals surface area contributed by atoms with E-state index in [4.69, 9.17) is 14.3 Å². The zero-order valence-electron chi connectivity index (χ0n) is 12.1. The summed E-state index contributed by atoms with van der Waals surface area (Å²) in [5, 5.41) is 12.3. The summed E-state index contributed by atoms with van der Waals surface area (Å²) in [7, 11) is 1.56. The van der Waals surface area contributed by atoms with Gasteiger partial charge in [0.05, 0.1) is 24.6 Å². The van der Waals surface area contributed by atoms with Gasteiger partial charge in [-0.15, -0.1) is 0 Å². The third kappa shape index (κ3) is 4.02. The zero-order valence-corrected chi connectivity index (χ0v) is 12.1. The number of ether oxygens (including phenoxy) is 1. The van der Waals surface area contributed by atoms with Crippen molar-refractivity contribution in [1.29, 1.82) is 0 Å². The molecular weight excluding hydrogens is 270 g/mol. The minimum absolute atomic E-state index is 0.160. The molecule has 112 valence electrons. The molecular formula is C16H19NO4. The van der Waals surface area contributed by atoms with Crippen LogP contribution in [0.15, 0.2) is 41.0 Å². The second kappa shape index (κ2) is 6.83. The zero-order chi connectivity index (χ0) is 15.2. The molecule has 0 saturated carbocycles. The van der Waals surface area contributed by atoms with Crippen molar-refractivity contribution < 1.29 is 19.1 Å². The smallest absolute Gasteiger partial charge is 0.335 e. The summed E-state index contributed by atoms with van der Waals surface area (Å²) in [6.45, 7) is 2.04. The van der Waals surface area contributed by atoms with Crippen molar-refractivity contribution in [3.63, 3.8) is 0 Å². The monoisotopic (exact) mass is 289 g/mol. The van der Waals surface area contributed by atoms with Crippen LogP contribution in [0.1, 0.15) is 29.5 Å². The Bertz CT molecular complexity index is 592. The molecule has 0 aliphatic carbocycles. The molecule has 0 aliphatic rings. The van der Waals surface area contributed by atoms with E-state index in [1.54, 1.807) is 25.5 Å². The number of carbonyl (C=O) groups is 1. The highest BCUT2D eigenvalue weighted by Gasteiger charge is 2.11. The quantitative estimate of drug-likeness (QED) is 0.817. The van der Waals surface area contributed by atoms with Gasteiger partial charge >= 0.3 is 5.97 Å². The van der Waals surface area contributed by atoms with E-state index in [9.17, 15) is 4.79 Å². The van der Waals surface area contributed by atoms with Crippen molar-refractivity contribution in [2.75, 3.05) is 12.4 Å². The Morgan fingerprint density at radius 3 is 2.86 bits per heavy atom. The lowest BCUT2D eigenvalue weighted by Crippen LogP contribution is -2.17. The number of aryl methyl sites for hydroxylation is 1. The molecule has 2 rings (SSSR count). The fourth-order valence-electron chi connectivity index (χ4n) is 2.11. The summed E-state index contributed by atoms with van der Waals surface area (Å²) in [4.78, 5) is 11.0. The number of furan rings is 1. The Morgan fingerprint density at radius 2 is 2.24 bits per heavy atom. The molecule has 5 heteroatoms. The lowest BCUT2D eigenvalue weighted by atomic mass is 10.1. The van der Waals surface area contributed by atoms with Gasteiger partial charge in [0.2, 0.25) is 0 Å². The normalized spacial score (nSPS) is 11.9. The second-order valence-electron chi connectivity index (χ2n) is 4.88. The minimum atomic E-state index is -0.955. The van der Waals surface area contributed by atoms with Crippen molar-refractivity contribution in [2.45, 2.75) is 25.8 Å². The van der Waals surface area contributed by atoms with Crippen LogP contribution in [-0.2, 0) is 6.42 Å². The molecule has 0 amide bonds. The largest absolute Gasteiger partial charge is 0.495 e. The number of hydrogen-bond acceptors (Lipinski definition) is 4. The van der Waals surface area contributed by atoms with Gasteiger partial charge in [0, 0.05) is 12.5 Å². The first-order valence-electron chi connectivity index (χ1n) is 6.80. The van der Waals surface area contributed by atoms with Gasteiger partial charge in [0.1, 0.15) is 11.5 Å². The van der Waals surface area contributed by atoms with Crippen molar-refractivity contribution >= 4 is 11.7 Å². The van der Waals surface area contributed by atoms with E-state index in [-0.39, 0.29) is 11.6 Å². The summed E-state index contributed by atoms with van der Waals surface area (Å²) in [5.74, 6) is 0.615. The van der Waals surface area contributed by atoms with E-state index in [1.165, 1.54) is 6.07 Å². The molecule has 2 N–H and O–H groups in total. The SMILES string of the molecule is COc1ccc(C(=O)O)cc1NC(C)CCc1ccco1. The predicted octanol–water partition coefficient (Wildman–Crippen LogP) is 3.42. The van der Waals surface area contributed by atoms with Gasteiger partial charge in [-0.05, 0) is 43.7 Å². The fourth-order valence-corrected chi connectivity index (χ4v) is 2.11. The Morgan fingerprint density at radius 1 is 1.43 bits per heavy atom. The summed E-state index contributed by atoms with van der Waals surface area (Å²) in [6, 6.07) is 8.74. The van der Waals surface area contributed by atoms with E-state index in [0.29, 0.717) is 11.4 Å². The first-order valence-corrected chi connectivity index (χ1v) is 6.80. The summed E-state index contributed by atoms with van der Waals surface area (Å²) >= 11 is 0. The van der Waals surface area contributed by atoms with Crippen LogP contribution in [-0.4, -0.2) is 24.2 Å². The van der Waals surface area contributed by atoms with Gasteiger partial charge in [0.25, 0.3) is 0 Å². The molecule has 0 saturated heterocycles. The average molecular weight is 289 g/mol. The van der Waals surface area contributed by atoms with E-state index in [1.807, 2.05) is 19.1 Å². The maximum Gasteiger partial charge on any atom is 0.335 e. The number of anilines is 1. The lowest BCUT2D eigenvalue weighted by molar-refractivity contribution is 0.0697. The number of carboxylic acids is 1. The summed E-state index contributed by atoms with van der Waals surface area (Å²) in [6.07, 6.45) is 3.35. The first kappa shape index (κ1) is 15.0. The lowest BCUT2D eigenvalue weighted by Gasteiger charge is -2.17. The molecule has 0 bridgehead atoms. The van der Waals surface area contributed by atoms with Gasteiger partial charge in [-0.25, -0.2) is 4.79 Å². The second-order valence-corrected chi connectivity index (χ2v) is 4.88. The van der Waals surface area contributed by atoms with Gasteiger partial charge in [-0.1, -0.05) is 0 Å². The first-order chi connectivity index (χ1) is 10.1. The molecule has 21 heavy (non-hydrogen) atoms. The van der Waals surface area contributed by atoms with Crippen LogP contribution >= 0.6 is 0 Å². The van der Waals surface area contributed by atoms with Gasteiger partial charge in [-0.2, -0.15) is 0 Å². The highest BCUT2D eigenvalue weighted by Crippen LogP contribution is 2.26. The summed E-state index contributed by atoms with van der Waals surface area (Å²) < 4.78 is 10.6. The summed E-state index contributed by atoms with van der Waals surface area (Å²) in [5.41, 5.74) is 0.917. The molecule has 2 aromatic rings. The van der Waals surface area contributed by atoms with Crippen LogP contribution < -0.4 is 10.1 Å². The third-order valence-corrected chi connectivity index (χ3v) is 3.25. The number of benzene rings is 1. The Labute approximate surface area is 123 Å². The number of nitrogens with one attached hydrogen (secondary N) is 1. The van der Waals surface area contributed by atoms with Crippen molar-refractivity contribution in [2.24, 2.45) is 0 Å². The van der Waals surface area contributed by atoms with E-state index in [0.717, 1.165) is 18.6 Å². The molecule has 1 aromatic carbocycles. The van der Waals surface area contributed by atoms with E-state index >= 15 is 0 Å². The van der Waals surface area contributed by atoms with Crippen molar-refractivity contribution in [3.05, 3.63) is 47.9 Å². The van der Waals surface area contributed by atoms with Crippen LogP contribution in [0.2, 0.25) is 0 Å². The van der Waals surface area contributed by atoms with E-state index in [2.05, 4.69) is 5.32 Å². The minimum Gasteiger partial charge on any atom is -0.495 e. The highest BCUT2D eigenvalue weighted by molar-refractivity contribution is 5.89. The van der Waals surface area contributed by atoms with Gasteiger partial charge in [0.15, 0.2) is 0 Å². The van der Waals surface area contributed by atoms with E-state index < -0.39 is 5.97 Å². The van der Waals surface area contributed by atoms with Crippen molar-refractivity contribution in [3.8, 4) is 5.75 Å². The molecule has 1 unspecified atom stereocenters. The van der Waals surface area contributed by atoms with Crippen LogP contribution in [0, 0.1) is 0 Å². The van der Waals surface area contributed by atoms with Crippen LogP contribution in [0.3, 0.4) is 0 Å². The molecule has 0 aliphatic heterocycles. The van der Waals surface area contributed by atoms with Crippen LogP contribution in [0.5, 0.6) is 5.75 Å². The average Bonchev–Trinajstić information content (AvgIpc) is 2.98. The highest BCUT2D eigenvalue weighted by atomic mass is 16.5. The number of methoxy groups -OCH3 is 1. The molecule has 0 radical (unpaired) electrons. The topological polar surface area (TPSA) is 71.7 Å². The molecule has 0 fully saturated rings. The van der Waals surface area contributed by atoms with Crippen molar-refractivity contribution in [1.82, 2.24) is 0 Å². The molecule has 5 nitrogen and oxygen atoms in total. The Balaban J connectivity index is 2.02. The predicted molar refractivity (Wildman–Crippen MR) is 80.1 cm³/mol. The Hall–Kier alpha value is -2.43. The van der Waals surface area contributed by atoms with Crippen LogP contribution in [0.4, 0.5) is 5.69 Å². The van der Waals surface area contributed by atoms with Crippen LogP contribution in [0.25, 0.3) is 0 Å². The third-order valence-electron chi connectivity index (χ3n) is 3.25. The number of aromatic carboxylic acids is 1. The number of rotatable bonds is 7. The molecule has 1 heterocycles. The van der Waals surface area contributed by atoms with Gasteiger partial charge < -0.3 is 19.6 Å². The molecule has 1 aromatic heterocycles.